The van der Waals surface area contributed by atoms with Gasteiger partial charge >= 0.3 is 0 Å². The summed E-state index contributed by atoms with van der Waals surface area (Å²) in [6.45, 7) is 3.34. The van der Waals surface area contributed by atoms with Crippen molar-refractivity contribution in [1.29, 1.82) is 0 Å². The lowest BCUT2D eigenvalue weighted by Crippen LogP contribution is -2.41. The Balaban J connectivity index is 1.82. The highest BCUT2D eigenvalue weighted by molar-refractivity contribution is 4.83. The third kappa shape index (κ3) is 2.94. The Labute approximate surface area is 93.8 Å². The molecule has 2 atom stereocenters. The van der Waals surface area contributed by atoms with Crippen LogP contribution in [0.2, 0.25) is 0 Å². The zero-order valence-corrected chi connectivity index (χ0v) is 10.2. The summed E-state index contributed by atoms with van der Waals surface area (Å²) < 4.78 is 5.94. The van der Waals surface area contributed by atoms with Crippen molar-refractivity contribution in [1.82, 2.24) is 5.32 Å². The average Bonchev–Trinajstić information content (AvgIpc) is 2.30. The van der Waals surface area contributed by atoms with Gasteiger partial charge in [0, 0.05) is 12.6 Å². The SMILES string of the molecule is CNC1CCOC(C2CCC(C)CC2)C1. The summed E-state index contributed by atoms with van der Waals surface area (Å²) in [7, 11) is 2.08. The van der Waals surface area contributed by atoms with Crippen molar-refractivity contribution in [2.24, 2.45) is 11.8 Å². The van der Waals surface area contributed by atoms with Crippen molar-refractivity contribution >= 4 is 0 Å². The summed E-state index contributed by atoms with van der Waals surface area (Å²) in [5.74, 6) is 1.79. The minimum atomic E-state index is 0.545. The molecule has 2 aliphatic rings. The van der Waals surface area contributed by atoms with Gasteiger partial charge in [-0.1, -0.05) is 19.8 Å². The Morgan fingerprint density at radius 3 is 2.47 bits per heavy atom. The van der Waals surface area contributed by atoms with Crippen LogP contribution in [-0.2, 0) is 4.74 Å². The standard InChI is InChI=1S/C13H25NO/c1-10-3-5-11(6-4-10)13-9-12(14-2)7-8-15-13/h10-14H,3-9H2,1-2H3. The molecule has 2 fully saturated rings. The Morgan fingerprint density at radius 1 is 1.07 bits per heavy atom. The average molecular weight is 211 g/mol. The van der Waals surface area contributed by atoms with E-state index in [9.17, 15) is 0 Å². The van der Waals surface area contributed by atoms with E-state index in [1.54, 1.807) is 0 Å². The normalized spacial score (nSPS) is 42.8. The molecule has 2 heteroatoms. The van der Waals surface area contributed by atoms with Crippen LogP contribution < -0.4 is 5.32 Å². The Hall–Kier alpha value is -0.0800. The molecule has 0 bridgehead atoms. The molecular formula is C13H25NO. The minimum Gasteiger partial charge on any atom is -0.378 e. The lowest BCUT2D eigenvalue weighted by molar-refractivity contribution is -0.0435. The van der Waals surface area contributed by atoms with E-state index < -0.39 is 0 Å². The van der Waals surface area contributed by atoms with Gasteiger partial charge in [-0.2, -0.15) is 0 Å². The van der Waals surface area contributed by atoms with Crippen molar-refractivity contribution < 1.29 is 4.74 Å². The van der Waals surface area contributed by atoms with Crippen LogP contribution in [0.3, 0.4) is 0 Å². The molecule has 1 heterocycles. The third-order valence-corrected chi connectivity index (χ3v) is 4.31. The molecule has 15 heavy (non-hydrogen) atoms. The molecular weight excluding hydrogens is 186 g/mol. The van der Waals surface area contributed by atoms with Gasteiger partial charge in [-0.25, -0.2) is 0 Å². The van der Waals surface area contributed by atoms with E-state index in [2.05, 4.69) is 19.3 Å². The summed E-state index contributed by atoms with van der Waals surface area (Å²) >= 11 is 0. The maximum Gasteiger partial charge on any atom is 0.0618 e. The first kappa shape index (κ1) is 11.4. The summed E-state index contributed by atoms with van der Waals surface area (Å²) in [5, 5.41) is 3.40. The second-order valence-electron chi connectivity index (χ2n) is 5.44. The predicted molar refractivity (Wildman–Crippen MR) is 62.9 cm³/mol. The van der Waals surface area contributed by atoms with E-state index in [-0.39, 0.29) is 0 Å². The molecule has 1 aliphatic heterocycles. The Morgan fingerprint density at radius 2 is 1.80 bits per heavy atom. The third-order valence-electron chi connectivity index (χ3n) is 4.31. The fraction of sp³-hybridized carbons (Fsp3) is 1.00. The van der Waals surface area contributed by atoms with Crippen molar-refractivity contribution in [3.63, 3.8) is 0 Å². The van der Waals surface area contributed by atoms with Gasteiger partial charge in [0.1, 0.15) is 0 Å². The lowest BCUT2D eigenvalue weighted by atomic mass is 9.78. The maximum absolute atomic E-state index is 5.94. The monoisotopic (exact) mass is 211 g/mol. The van der Waals surface area contributed by atoms with E-state index in [4.69, 9.17) is 4.74 Å². The molecule has 2 rings (SSSR count). The predicted octanol–water partition coefficient (Wildman–Crippen LogP) is 2.58. The molecule has 0 radical (unpaired) electrons. The molecule has 0 aromatic heterocycles. The lowest BCUT2D eigenvalue weighted by Gasteiger charge is -2.37. The fourth-order valence-corrected chi connectivity index (χ4v) is 3.08. The molecule has 1 saturated heterocycles. The molecule has 0 aromatic rings. The van der Waals surface area contributed by atoms with Crippen LogP contribution in [0.25, 0.3) is 0 Å². The molecule has 88 valence electrons. The van der Waals surface area contributed by atoms with E-state index in [0.29, 0.717) is 12.1 Å². The van der Waals surface area contributed by atoms with Crippen LogP contribution in [0, 0.1) is 11.8 Å². The van der Waals surface area contributed by atoms with Gasteiger partial charge in [0.25, 0.3) is 0 Å². The first-order valence-electron chi connectivity index (χ1n) is 6.58. The smallest absolute Gasteiger partial charge is 0.0618 e. The highest BCUT2D eigenvalue weighted by Gasteiger charge is 2.30. The summed E-state index contributed by atoms with van der Waals surface area (Å²) in [4.78, 5) is 0. The number of rotatable bonds is 2. The van der Waals surface area contributed by atoms with E-state index in [1.807, 2.05) is 0 Å². The second kappa shape index (κ2) is 5.31. The number of ether oxygens (including phenoxy) is 1. The highest BCUT2D eigenvalue weighted by atomic mass is 16.5. The highest BCUT2D eigenvalue weighted by Crippen LogP contribution is 2.34. The molecule has 1 aliphatic carbocycles. The zero-order chi connectivity index (χ0) is 10.7. The number of hydrogen-bond donors (Lipinski definition) is 1. The molecule has 2 nitrogen and oxygen atoms in total. The summed E-state index contributed by atoms with van der Waals surface area (Å²) in [5.41, 5.74) is 0. The first-order chi connectivity index (χ1) is 7.29. The van der Waals surface area contributed by atoms with Gasteiger partial charge in [0.2, 0.25) is 0 Å². The summed E-state index contributed by atoms with van der Waals surface area (Å²) in [6.07, 6.45) is 8.57. The van der Waals surface area contributed by atoms with Crippen LogP contribution in [0.15, 0.2) is 0 Å². The van der Waals surface area contributed by atoms with Crippen LogP contribution >= 0.6 is 0 Å². The number of nitrogens with one attached hydrogen (secondary N) is 1. The van der Waals surface area contributed by atoms with Gasteiger partial charge in [-0.15, -0.1) is 0 Å². The van der Waals surface area contributed by atoms with Crippen molar-refractivity contribution in [3.05, 3.63) is 0 Å². The van der Waals surface area contributed by atoms with Crippen LogP contribution in [0.5, 0.6) is 0 Å². The molecule has 1 N–H and O–H groups in total. The van der Waals surface area contributed by atoms with Gasteiger partial charge in [-0.05, 0) is 44.6 Å². The quantitative estimate of drug-likeness (QED) is 0.758. The van der Waals surface area contributed by atoms with E-state index in [0.717, 1.165) is 18.4 Å². The number of hydrogen-bond acceptors (Lipinski definition) is 2. The first-order valence-corrected chi connectivity index (χ1v) is 6.58. The molecule has 0 spiro atoms. The molecule has 0 aromatic carbocycles. The van der Waals surface area contributed by atoms with Crippen molar-refractivity contribution in [2.75, 3.05) is 13.7 Å². The fourth-order valence-electron chi connectivity index (χ4n) is 3.08. The zero-order valence-electron chi connectivity index (χ0n) is 10.2. The molecule has 1 saturated carbocycles. The van der Waals surface area contributed by atoms with E-state index in [1.165, 1.54) is 38.5 Å². The maximum atomic E-state index is 5.94. The Bertz CT molecular complexity index is 187. The minimum absolute atomic E-state index is 0.545. The largest absolute Gasteiger partial charge is 0.378 e. The van der Waals surface area contributed by atoms with E-state index >= 15 is 0 Å². The van der Waals surface area contributed by atoms with Gasteiger partial charge in [0.15, 0.2) is 0 Å². The van der Waals surface area contributed by atoms with Crippen molar-refractivity contribution in [3.8, 4) is 0 Å². The van der Waals surface area contributed by atoms with Crippen LogP contribution in [0.1, 0.15) is 45.4 Å². The van der Waals surface area contributed by atoms with Crippen LogP contribution in [0.4, 0.5) is 0 Å². The topological polar surface area (TPSA) is 21.3 Å². The Kier molecular flexibility index (Phi) is 4.04. The van der Waals surface area contributed by atoms with Gasteiger partial charge < -0.3 is 10.1 Å². The second-order valence-corrected chi connectivity index (χ2v) is 5.44. The van der Waals surface area contributed by atoms with Crippen molar-refractivity contribution in [2.45, 2.75) is 57.6 Å². The summed E-state index contributed by atoms with van der Waals surface area (Å²) in [6, 6.07) is 0.697. The van der Waals surface area contributed by atoms with Crippen LogP contribution in [-0.4, -0.2) is 25.8 Å². The van der Waals surface area contributed by atoms with Gasteiger partial charge in [0.05, 0.1) is 6.10 Å². The molecule has 2 unspecified atom stereocenters. The molecule has 0 amide bonds. The van der Waals surface area contributed by atoms with Gasteiger partial charge in [-0.3, -0.25) is 0 Å².